The van der Waals surface area contributed by atoms with Crippen LogP contribution in [0.25, 0.3) is 0 Å². The van der Waals surface area contributed by atoms with E-state index in [2.05, 4.69) is 47.8 Å². The van der Waals surface area contributed by atoms with Gasteiger partial charge in [0.1, 0.15) is 0 Å². The number of ether oxygens (including phenoxy) is 1. The minimum atomic E-state index is -0.471. The number of rotatable bonds is 3. The van der Waals surface area contributed by atoms with Crippen LogP contribution in [0.4, 0.5) is 0 Å². The normalized spacial score (nSPS) is 10.1. The minimum absolute atomic E-state index is 0.0189. The van der Waals surface area contributed by atoms with Gasteiger partial charge in [-0.3, -0.25) is 4.79 Å². The highest BCUT2D eigenvalue weighted by Gasteiger charge is 2.12. The highest BCUT2D eigenvalue weighted by atomic mass is 79.9. The lowest BCUT2D eigenvalue weighted by molar-refractivity contribution is -0.135. The Morgan fingerprint density at radius 2 is 1.80 bits per heavy atom. The molecule has 1 N–H and O–H groups in total. The van der Waals surface area contributed by atoms with E-state index in [1.807, 2.05) is 0 Å². The molecule has 1 aromatic carbocycles. The van der Waals surface area contributed by atoms with Crippen molar-refractivity contribution in [3.8, 4) is 5.75 Å². The average molecular weight is 403 g/mol. The van der Waals surface area contributed by atoms with E-state index in [9.17, 15) is 4.79 Å². The van der Waals surface area contributed by atoms with Crippen LogP contribution in [0.2, 0.25) is 0 Å². The van der Waals surface area contributed by atoms with Crippen LogP contribution in [0, 0.1) is 0 Å². The van der Waals surface area contributed by atoms with Crippen molar-refractivity contribution in [2.45, 2.75) is 6.42 Å². The first kappa shape index (κ1) is 13.2. The molecule has 3 nitrogen and oxygen atoms in total. The average Bonchev–Trinajstić information content (AvgIpc) is 2.11. The molecule has 0 aliphatic carbocycles. The van der Waals surface area contributed by atoms with Gasteiger partial charge in [0.05, 0.1) is 22.0 Å². The molecule has 0 amide bonds. The Labute approximate surface area is 112 Å². The quantitative estimate of drug-likeness (QED) is 0.623. The van der Waals surface area contributed by atoms with Crippen LogP contribution >= 0.6 is 47.8 Å². The number of benzene rings is 1. The third kappa shape index (κ3) is 3.86. The molecule has 0 fully saturated rings. The van der Waals surface area contributed by atoms with E-state index in [0.717, 1.165) is 4.47 Å². The molecule has 1 aromatic rings. The molecule has 0 bridgehead atoms. The molecule has 0 aromatic heterocycles. The van der Waals surface area contributed by atoms with Crippen LogP contribution < -0.4 is 4.74 Å². The monoisotopic (exact) mass is 400 g/mol. The second kappa shape index (κ2) is 5.98. The Morgan fingerprint density at radius 3 is 2.27 bits per heavy atom. The second-order valence-corrected chi connectivity index (χ2v) is 5.27. The number of halogens is 3. The molecular formula is C9H7Br3O3. The van der Waals surface area contributed by atoms with E-state index in [1.165, 1.54) is 0 Å². The molecule has 0 radical (unpaired) electrons. The number of esters is 1. The van der Waals surface area contributed by atoms with E-state index in [0.29, 0.717) is 14.7 Å². The number of aliphatic hydroxyl groups is 1. The largest absolute Gasteiger partial charge is 0.424 e. The molecule has 0 unspecified atom stereocenters. The zero-order valence-electron chi connectivity index (χ0n) is 7.47. The van der Waals surface area contributed by atoms with Crippen molar-refractivity contribution in [2.24, 2.45) is 0 Å². The SMILES string of the molecule is O=C(CCO)Oc1c(Br)cc(Br)cc1Br. The highest BCUT2D eigenvalue weighted by molar-refractivity contribution is 9.11. The number of hydrogen-bond donors (Lipinski definition) is 1. The van der Waals surface area contributed by atoms with Gasteiger partial charge in [0.25, 0.3) is 0 Å². The summed E-state index contributed by atoms with van der Waals surface area (Å²) >= 11 is 9.86. The van der Waals surface area contributed by atoms with Crippen molar-refractivity contribution in [1.29, 1.82) is 0 Å². The summed E-state index contributed by atoms with van der Waals surface area (Å²) in [5.41, 5.74) is 0. The lowest BCUT2D eigenvalue weighted by Gasteiger charge is -2.08. The molecule has 6 heteroatoms. The summed E-state index contributed by atoms with van der Waals surface area (Å²) in [5.74, 6) is -0.0575. The maximum absolute atomic E-state index is 11.2. The van der Waals surface area contributed by atoms with Crippen molar-refractivity contribution < 1.29 is 14.6 Å². The van der Waals surface area contributed by atoms with Gasteiger partial charge in [-0.05, 0) is 44.0 Å². The van der Waals surface area contributed by atoms with Crippen molar-refractivity contribution in [2.75, 3.05) is 6.61 Å². The molecule has 0 aliphatic heterocycles. The molecule has 15 heavy (non-hydrogen) atoms. The van der Waals surface area contributed by atoms with Gasteiger partial charge >= 0.3 is 5.97 Å². The summed E-state index contributed by atoms with van der Waals surface area (Å²) in [6.07, 6.45) is -0.0189. The summed E-state index contributed by atoms with van der Waals surface area (Å²) in [6.45, 7) is -0.218. The molecule has 0 saturated heterocycles. The lowest BCUT2D eigenvalue weighted by Crippen LogP contribution is -2.10. The summed E-state index contributed by atoms with van der Waals surface area (Å²) in [4.78, 5) is 11.2. The van der Waals surface area contributed by atoms with Crippen molar-refractivity contribution >= 4 is 53.8 Å². The van der Waals surface area contributed by atoms with Gasteiger partial charge in [0.15, 0.2) is 5.75 Å². The fourth-order valence-corrected chi connectivity index (χ4v) is 3.30. The zero-order chi connectivity index (χ0) is 11.4. The van der Waals surface area contributed by atoms with Crippen LogP contribution in [-0.2, 0) is 4.79 Å². The van der Waals surface area contributed by atoms with Crippen LogP contribution in [0.15, 0.2) is 25.6 Å². The summed E-state index contributed by atoms with van der Waals surface area (Å²) in [7, 11) is 0. The minimum Gasteiger partial charge on any atom is -0.424 e. The number of aliphatic hydroxyl groups excluding tert-OH is 1. The van der Waals surface area contributed by atoms with Gasteiger partial charge in [-0.1, -0.05) is 15.9 Å². The molecule has 82 valence electrons. The first-order chi connectivity index (χ1) is 7.04. The number of hydrogen-bond acceptors (Lipinski definition) is 3. The van der Waals surface area contributed by atoms with Crippen LogP contribution in [0.3, 0.4) is 0 Å². The van der Waals surface area contributed by atoms with E-state index >= 15 is 0 Å². The van der Waals surface area contributed by atoms with E-state index in [1.54, 1.807) is 12.1 Å². The zero-order valence-corrected chi connectivity index (χ0v) is 12.2. The van der Waals surface area contributed by atoms with Gasteiger partial charge in [-0.2, -0.15) is 0 Å². The second-order valence-electron chi connectivity index (χ2n) is 2.65. The maximum atomic E-state index is 11.2. The number of carbonyl (C=O) groups excluding carboxylic acids is 1. The Morgan fingerprint density at radius 1 is 1.27 bits per heavy atom. The Balaban J connectivity index is 2.90. The lowest BCUT2D eigenvalue weighted by atomic mass is 10.3. The van der Waals surface area contributed by atoms with Gasteiger partial charge in [0.2, 0.25) is 0 Å². The van der Waals surface area contributed by atoms with Crippen LogP contribution in [0.1, 0.15) is 6.42 Å². The standard InChI is InChI=1S/C9H7Br3O3/c10-5-3-6(11)9(7(12)4-5)15-8(14)1-2-13/h3-4,13H,1-2H2. The van der Waals surface area contributed by atoms with Crippen LogP contribution in [-0.4, -0.2) is 17.7 Å². The number of carbonyl (C=O) groups is 1. The Kier molecular flexibility index (Phi) is 5.25. The summed E-state index contributed by atoms with van der Waals surface area (Å²) in [5, 5.41) is 8.57. The fraction of sp³-hybridized carbons (Fsp3) is 0.222. The molecule has 0 spiro atoms. The van der Waals surface area contributed by atoms with Gasteiger partial charge < -0.3 is 9.84 Å². The third-order valence-corrected chi connectivity index (χ3v) is 3.13. The fourth-order valence-electron chi connectivity index (χ4n) is 0.883. The maximum Gasteiger partial charge on any atom is 0.313 e. The predicted molar refractivity (Wildman–Crippen MR) is 66.9 cm³/mol. The summed E-state index contributed by atoms with van der Waals surface area (Å²) in [6, 6.07) is 3.54. The first-order valence-corrected chi connectivity index (χ1v) is 6.38. The topological polar surface area (TPSA) is 46.5 Å². The van der Waals surface area contributed by atoms with Gasteiger partial charge in [0, 0.05) is 4.47 Å². The summed E-state index contributed by atoms with van der Waals surface area (Å²) < 4.78 is 7.25. The molecule has 0 aliphatic rings. The molecule has 0 atom stereocenters. The molecule has 0 heterocycles. The van der Waals surface area contributed by atoms with E-state index in [4.69, 9.17) is 9.84 Å². The smallest absolute Gasteiger partial charge is 0.313 e. The predicted octanol–water partition coefficient (Wildman–Crippen LogP) is 3.26. The first-order valence-electron chi connectivity index (χ1n) is 4.00. The van der Waals surface area contributed by atoms with Crippen LogP contribution in [0.5, 0.6) is 5.75 Å². The third-order valence-electron chi connectivity index (χ3n) is 1.49. The van der Waals surface area contributed by atoms with Gasteiger partial charge in [-0.15, -0.1) is 0 Å². The molecular weight excluding hydrogens is 396 g/mol. The van der Waals surface area contributed by atoms with E-state index < -0.39 is 5.97 Å². The highest BCUT2D eigenvalue weighted by Crippen LogP contribution is 2.36. The van der Waals surface area contributed by atoms with Crippen molar-refractivity contribution in [1.82, 2.24) is 0 Å². The van der Waals surface area contributed by atoms with Crippen molar-refractivity contribution in [3.05, 3.63) is 25.6 Å². The van der Waals surface area contributed by atoms with Crippen molar-refractivity contribution in [3.63, 3.8) is 0 Å². The Bertz CT molecular complexity index is 356. The van der Waals surface area contributed by atoms with Gasteiger partial charge in [-0.25, -0.2) is 0 Å². The molecule has 1 rings (SSSR count). The Hall–Kier alpha value is 0.0900. The molecule has 0 saturated carbocycles. The van der Waals surface area contributed by atoms with E-state index in [-0.39, 0.29) is 13.0 Å².